The molecule has 19 heavy (non-hydrogen) atoms. The SMILES string of the molecule is COC(=O)C[C@H](NC1(C#N)CCCCC1)C(=O)OC. The molecule has 0 amide bonds. The summed E-state index contributed by atoms with van der Waals surface area (Å²) in [5.74, 6) is -1.06. The fraction of sp³-hybridized carbons (Fsp3) is 0.769. The molecule has 1 saturated carbocycles. The number of carbonyl (C=O) groups excluding carboxylic acids is 2. The fourth-order valence-electron chi connectivity index (χ4n) is 2.36. The molecule has 0 aromatic rings. The Bertz CT molecular complexity index is 369. The Morgan fingerprint density at radius 2 is 1.89 bits per heavy atom. The van der Waals surface area contributed by atoms with Crippen molar-refractivity contribution in [2.45, 2.75) is 50.1 Å². The number of carbonyl (C=O) groups is 2. The van der Waals surface area contributed by atoms with Crippen LogP contribution in [0.5, 0.6) is 0 Å². The molecule has 1 aliphatic rings. The van der Waals surface area contributed by atoms with Crippen LogP contribution in [0.1, 0.15) is 38.5 Å². The van der Waals surface area contributed by atoms with Crippen LogP contribution in [0.3, 0.4) is 0 Å². The van der Waals surface area contributed by atoms with E-state index in [1.165, 1.54) is 14.2 Å². The van der Waals surface area contributed by atoms with E-state index in [-0.39, 0.29) is 6.42 Å². The Labute approximate surface area is 113 Å². The van der Waals surface area contributed by atoms with Gasteiger partial charge in [0.15, 0.2) is 0 Å². The van der Waals surface area contributed by atoms with Crippen LogP contribution in [0.4, 0.5) is 0 Å². The number of esters is 2. The normalized spacial score (nSPS) is 19.0. The summed E-state index contributed by atoms with van der Waals surface area (Å²) >= 11 is 0. The average Bonchev–Trinajstić information content (AvgIpc) is 2.46. The van der Waals surface area contributed by atoms with Crippen LogP contribution in [0, 0.1) is 11.3 Å². The van der Waals surface area contributed by atoms with Crippen molar-refractivity contribution in [1.82, 2.24) is 5.32 Å². The van der Waals surface area contributed by atoms with Gasteiger partial charge >= 0.3 is 11.9 Å². The molecule has 0 radical (unpaired) electrons. The molecule has 1 aliphatic carbocycles. The van der Waals surface area contributed by atoms with Gasteiger partial charge in [-0.25, -0.2) is 0 Å². The minimum atomic E-state index is -0.838. The smallest absolute Gasteiger partial charge is 0.323 e. The molecule has 0 bridgehead atoms. The molecule has 0 aliphatic heterocycles. The van der Waals surface area contributed by atoms with Gasteiger partial charge in [-0.3, -0.25) is 14.9 Å². The monoisotopic (exact) mass is 268 g/mol. The third-order valence-corrected chi connectivity index (χ3v) is 3.46. The van der Waals surface area contributed by atoms with E-state index in [9.17, 15) is 14.9 Å². The van der Waals surface area contributed by atoms with Gasteiger partial charge in [0.25, 0.3) is 0 Å². The first-order chi connectivity index (χ1) is 9.06. The summed E-state index contributed by atoms with van der Waals surface area (Å²) in [6.45, 7) is 0. The molecule has 0 spiro atoms. The maximum atomic E-state index is 11.7. The zero-order valence-electron chi connectivity index (χ0n) is 11.4. The van der Waals surface area contributed by atoms with E-state index in [2.05, 4.69) is 20.9 Å². The van der Waals surface area contributed by atoms with E-state index in [4.69, 9.17) is 0 Å². The van der Waals surface area contributed by atoms with Crippen molar-refractivity contribution in [3.05, 3.63) is 0 Å². The molecule has 1 N–H and O–H groups in total. The van der Waals surface area contributed by atoms with Crippen LogP contribution in [0.15, 0.2) is 0 Å². The molecular formula is C13H20N2O4. The third kappa shape index (κ3) is 4.21. The predicted octanol–water partition coefficient (Wildman–Crippen LogP) is 0.907. The summed E-state index contributed by atoms with van der Waals surface area (Å²) in [6.07, 6.45) is 4.19. The van der Waals surface area contributed by atoms with Crippen molar-refractivity contribution in [2.24, 2.45) is 0 Å². The number of nitrogens with zero attached hydrogens (tertiary/aromatic N) is 1. The summed E-state index contributed by atoms with van der Waals surface area (Å²) < 4.78 is 9.23. The number of ether oxygens (including phenoxy) is 2. The van der Waals surface area contributed by atoms with E-state index < -0.39 is 23.5 Å². The van der Waals surface area contributed by atoms with Gasteiger partial charge in [-0.2, -0.15) is 5.26 Å². The second-order valence-corrected chi connectivity index (χ2v) is 4.75. The van der Waals surface area contributed by atoms with E-state index >= 15 is 0 Å². The van der Waals surface area contributed by atoms with Crippen molar-refractivity contribution in [3.8, 4) is 6.07 Å². The topological polar surface area (TPSA) is 88.4 Å². The molecule has 0 aromatic heterocycles. The maximum absolute atomic E-state index is 11.7. The first kappa shape index (κ1) is 15.4. The van der Waals surface area contributed by atoms with E-state index in [1.54, 1.807) is 0 Å². The molecule has 0 saturated heterocycles. The quantitative estimate of drug-likeness (QED) is 0.745. The Kier molecular flexibility index (Phi) is 5.77. The lowest BCUT2D eigenvalue weighted by atomic mass is 9.82. The highest BCUT2D eigenvalue weighted by molar-refractivity contribution is 5.82. The molecule has 1 atom stereocenters. The van der Waals surface area contributed by atoms with Crippen LogP contribution in [0.25, 0.3) is 0 Å². The predicted molar refractivity (Wildman–Crippen MR) is 67.0 cm³/mol. The fourth-order valence-corrected chi connectivity index (χ4v) is 2.36. The van der Waals surface area contributed by atoms with Gasteiger partial charge in [0.1, 0.15) is 11.6 Å². The largest absolute Gasteiger partial charge is 0.469 e. The van der Waals surface area contributed by atoms with Gasteiger partial charge in [0.2, 0.25) is 0 Å². The first-order valence-corrected chi connectivity index (χ1v) is 6.40. The highest BCUT2D eigenvalue weighted by Gasteiger charge is 2.37. The average molecular weight is 268 g/mol. The Hall–Kier alpha value is -1.61. The third-order valence-electron chi connectivity index (χ3n) is 3.46. The lowest BCUT2D eigenvalue weighted by Crippen LogP contribution is -2.54. The first-order valence-electron chi connectivity index (χ1n) is 6.40. The summed E-state index contributed by atoms with van der Waals surface area (Å²) in [7, 11) is 2.52. The van der Waals surface area contributed by atoms with Gasteiger partial charge in [0, 0.05) is 0 Å². The molecule has 0 heterocycles. The Morgan fingerprint density at radius 1 is 1.26 bits per heavy atom. The highest BCUT2D eigenvalue weighted by atomic mass is 16.5. The summed E-state index contributed by atoms with van der Waals surface area (Å²) in [5.41, 5.74) is -0.745. The zero-order valence-corrected chi connectivity index (χ0v) is 11.4. The van der Waals surface area contributed by atoms with Crippen LogP contribution in [-0.2, 0) is 19.1 Å². The zero-order chi connectivity index (χ0) is 14.3. The van der Waals surface area contributed by atoms with Crippen LogP contribution in [0.2, 0.25) is 0 Å². The molecule has 1 fully saturated rings. The molecule has 6 nitrogen and oxygen atoms in total. The van der Waals surface area contributed by atoms with Crippen molar-refractivity contribution < 1.29 is 19.1 Å². The minimum Gasteiger partial charge on any atom is -0.469 e. The van der Waals surface area contributed by atoms with E-state index in [1.807, 2.05) is 0 Å². The van der Waals surface area contributed by atoms with E-state index in [0.717, 1.165) is 19.3 Å². The molecule has 6 heteroatoms. The van der Waals surface area contributed by atoms with Crippen LogP contribution < -0.4 is 5.32 Å². The number of nitrogens with one attached hydrogen (secondary N) is 1. The van der Waals surface area contributed by atoms with Gasteiger partial charge in [-0.1, -0.05) is 19.3 Å². The summed E-state index contributed by atoms with van der Waals surface area (Å²) in [5, 5.41) is 12.4. The number of methoxy groups -OCH3 is 2. The Morgan fingerprint density at radius 3 is 2.37 bits per heavy atom. The molecule has 1 rings (SSSR count). The van der Waals surface area contributed by atoms with Gasteiger partial charge in [-0.05, 0) is 12.8 Å². The maximum Gasteiger partial charge on any atom is 0.323 e. The second kappa shape index (κ2) is 7.10. The number of rotatable bonds is 5. The van der Waals surface area contributed by atoms with Crippen molar-refractivity contribution in [3.63, 3.8) is 0 Å². The molecule has 106 valence electrons. The lowest BCUT2D eigenvalue weighted by Gasteiger charge is -2.34. The van der Waals surface area contributed by atoms with Gasteiger partial charge < -0.3 is 9.47 Å². The standard InChI is InChI=1S/C13H20N2O4/c1-18-11(16)8-10(12(17)19-2)15-13(9-14)6-4-3-5-7-13/h10,15H,3-8H2,1-2H3/t10-/m0/s1. The molecule has 0 aromatic carbocycles. The van der Waals surface area contributed by atoms with Crippen molar-refractivity contribution in [2.75, 3.05) is 14.2 Å². The van der Waals surface area contributed by atoms with E-state index in [0.29, 0.717) is 12.8 Å². The molecule has 0 unspecified atom stereocenters. The molecular weight excluding hydrogens is 248 g/mol. The minimum absolute atomic E-state index is 0.132. The van der Waals surface area contributed by atoms with Crippen LogP contribution >= 0.6 is 0 Å². The number of hydrogen-bond acceptors (Lipinski definition) is 6. The number of nitriles is 1. The lowest BCUT2D eigenvalue weighted by molar-refractivity contribution is -0.150. The summed E-state index contributed by atoms with van der Waals surface area (Å²) in [6, 6.07) is 1.41. The van der Waals surface area contributed by atoms with Crippen LogP contribution in [-0.4, -0.2) is 37.7 Å². The Balaban J connectivity index is 2.77. The highest BCUT2D eigenvalue weighted by Crippen LogP contribution is 2.28. The number of hydrogen-bond donors (Lipinski definition) is 1. The summed E-state index contributed by atoms with van der Waals surface area (Å²) in [4.78, 5) is 23.0. The van der Waals surface area contributed by atoms with Gasteiger partial charge in [0.05, 0.1) is 26.7 Å². The van der Waals surface area contributed by atoms with Gasteiger partial charge in [-0.15, -0.1) is 0 Å². The second-order valence-electron chi connectivity index (χ2n) is 4.75. The van der Waals surface area contributed by atoms with Crippen molar-refractivity contribution >= 4 is 11.9 Å². The van der Waals surface area contributed by atoms with Crippen molar-refractivity contribution in [1.29, 1.82) is 5.26 Å².